The summed E-state index contributed by atoms with van der Waals surface area (Å²) < 4.78 is 4.82. The van der Waals surface area contributed by atoms with Gasteiger partial charge in [-0.05, 0) is 6.42 Å². The highest BCUT2D eigenvalue weighted by Gasteiger charge is 2.03. The van der Waals surface area contributed by atoms with E-state index in [1.807, 2.05) is 4.90 Å². The fourth-order valence-electron chi connectivity index (χ4n) is 1.15. The van der Waals surface area contributed by atoms with Crippen molar-refractivity contribution in [1.82, 2.24) is 4.90 Å². The largest absolute Gasteiger partial charge is 0.465 e. The lowest BCUT2D eigenvalue weighted by molar-refractivity contribution is -0.142. The van der Waals surface area contributed by atoms with Crippen molar-refractivity contribution in [3.8, 4) is 0 Å². The number of hydrogen-bond acceptors (Lipinski definition) is 5. The molecule has 5 nitrogen and oxygen atoms in total. The molecular weight excluding hydrogens is 196 g/mol. The van der Waals surface area contributed by atoms with Crippen molar-refractivity contribution in [2.75, 3.05) is 39.4 Å². The normalized spacial score (nSPS) is 10.3. The van der Waals surface area contributed by atoms with Gasteiger partial charge in [0.15, 0.2) is 0 Å². The second-order valence-electron chi connectivity index (χ2n) is 3.09. The lowest BCUT2D eigenvalue weighted by Gasteiger charge is -2.18. The third kappa shape index (κ3) is 8.11. The topological polar surface area (TPSA) is 75.8 Å². The third-order valence-corrected chi connectivity index (χ3v) is 1.85. The van der Waals surface area contributed by atoms with E-state index in [1.54, 1.807) is 6.08 Å². The predicted molar refractivity (Wildman–Crippen MR) is 58.4 cm³/mol. The van der Waals surface area contributed by atoms with Crippen LogP contribution >= 0.6 is 0 Å². The van der Waals surface area contributed by atoms with Crippen molar-refractivity contribution in [3.05, 3.63) is 12.7 Å². The van der Waals surface area contributed by atoms with Crippen LogP contribution in [0.5, 0.6) is 0 Å². The van der Waals surface area contributed by atoms with Gasteiger partial charge in [-0.15, -0.1) is 6.58 Å². The van der Waals surface area contributed by atoms with Gasteiger partial charge in [0.2, 0.25) is 0 Å². The van der Waals surface area contributed by atoms with Crippen molar-refractivity contribution in [3.63, 3.8) is 0 Å². The predicted octanol–water partition coefficient (Wildman–Crippen LogP) is -0.641. The van der Waals surface area contributed by atoms with E-state index in [-0.39, 0.29) is 19.1 Å². The average molecular weight is 216 g/mol. The Morgan fingerprint density at radius 3 is 2.80 bits per heavy atom. The summed E-state index contributed by atoms with van der Waals surface area (Å²) in [6, 6.07) is 0. The van der Waals surface area contributed by atoms with Gasteiger partial charge in [0, 0.05) is 19.6 Å². The SMILES string of the molecule is C=CCN(CCO)CCCOC(=O)CN. The summed E-state index contributed by atoms with van der Waals surface area (Å²) in [4.78, 5) is 12.7. The maximum atomic E-state index is 10.7. The molecule has 0 radical (unpaired) electrons. The molecule has 0 rings (SSSR count). The zero-order chi connectivity index (χ0) is 11.5. The Hall–Kier alpha value is -0.910. The molecule has 0 aliphatic carbocycles. The molecule has 0 amide bonds. The standard InChI is InChI=1S/C10H20N2O3/c1-2-4-12(6-7-13)5-3-8-15-10(14)9-11/h2,13H,1,3-9,11H2. The van der Waals surface area contributed by atoms with Crippen LogP contribution in [0.15, 0.2) is 12.7 Å². The number of hydrogen-bond donors (Lipinski definition) is 2. The number of aliphatic hydroxyl groups is 1. The Bertz CT molecular complexity index is 186. The number of nitrogens with zero attached hydrogens (tertiary/aromatic N) is 1. The van der Waals surface area contributed by atoms with Gasteiger partial charge in [0.05, 0.1) is 19.8 Å². The van der Waals surface area contributed by atoms with Crippen molar-refractivity contribution in [1.29, 1.82) is 0 Å². The minimum absolute atomic E-state index is 0.0764. The van der Waals surface area contributed by atoms with Crippen molar-refractivity contribution in [2.24, 2.45) is 5.73 Å². The first-order valence-corrected chi connectivity index (χ1v) is 5.04. The number of carbonyl (C=O) groups excluding carboxylic acids is 1. The number of ether oxygens (including phenoxy) is 1. The minimum Gasteiger partial charge on any atom is -0.465 e. The van der Waals surface area contributed by atoms with E-state index in [1.165, 1.54) is 0 Å². The quantitative estimate of drug-likeness (QED) is 0.304. The number of carbonyl (C=O) groups is 1. The summed E-state index contributed by atoms with van der Waals surface area (Å²) in [5, 5.41) is 8.77. The van der Waals surface area contributed by atoms with Crippen LogP contribution in [0.25, 0.3) is 0 Å². The molecule has 0 saturated carbocycles. The maximum Gasteiger partial charge on any atom is 0.319 e. The second kappa shape index (κ2) is 9.64. The molecule has 0 aliphatic heterocycles. The lowest BCUT2D eigenvalue weighted by Crippen LogP contribution is -2.29. The Kier molecular flexibility index (Phi) is 9.05. The minimum atomic E-state index is -0.382. The molecule has 0 aromatic heterocycles. The van der Waals surface area contributed by atoms with Crippen LogP contribution < -0.4 is 5.73 Å². The highest BCUT2D eigenvalue weighted by molar-refractivity contribution is 5.71. The van der Waals surface area contributed by atoms with Gasteiger partial charge in [-0.1, -0.05) is 6.08 Å². The number of esters is 1. The van der Waals surface area contributed by atoms with Crippen LogP contribution in [-0.4, -0.2) is 55.4 Å². The van der Waals surface area contributed by atoms with Crippen LogP contribution in [0.2, 0.25) is 0 Å². The Morgan fingerprint density at radius 1 is 1.53 bits per heavy atom. The van der Waals surface area contributed by atoms with Gasteiger partial charge in [-0.25, -0.2) is 0 Å². The number of nitrogens with two attached hydrogens (primary N) is 1. The van der Waals surface area contributed by atoms with E-state index >= 15 is 0 Å². The second-order valence-corrected chi connectivity index (χ2v) is 3.09. The van der Waals surface area contributed by atoms with Crippen LogP contribution in [0.4, 0.5) is 0 Å². The fraction of sp³-hybridized carbons (Fsp3) is 0.700. The van der Waals surface area contributed by atoms with Crippen LogP contribution in [-0.2, 0) is 9.53 Å². The van der Waals surface area contributed by atoms with E-state index < -0.39 is 0 Å². The molecule has 3 N–H and O–H groups in total. The Balaban J connectivity index is 3.52. The summed E-state index contributed by atoms with van der Waals surface area (Å²) in [7, 11) is 0. The van der Waals surface area contributed by atoms with E-state index in [2.05, 4.69) is 6.58 Å². The molecule has 0 bridgehead atoms. The number of aliphatic hydroxyl groups excluding tert-OH is 1. The molecule has 0 spiro atoms. The summed E-state index contributed by atoms with van der Waals surface area (Å²) in [5.74, 6) is -0.382. The lowest BCUT2D eigenvalue weighted by atomic mass is 10.3. The van der Waals surface area contributed by atoms with Crippen LogP contribution in [0.1, 0.15) is 6.42 Å². The van der Waals surface area contributed by atoms with Crippen LogP contribution in [0, 0.1) is 0 Å². The van der Waals surface area contributed by atoms with Crippen molar-refractivity contribution < 1.29 is 14.6 Å². The Morgan fingerprint density at radius 2 is 2.27 bits per heavy atom. The first-order chi connectivity index (χ1) is 7.24. The Labute approximate surface area is 90.5 Å². The van der Waals surface area contributed by atoms with E-state index in [0.29, 0.717) is 13.2 Å². The summed E-state index contributed by atoms with van der Waals surface area (Å²) in [5.41, 5.74) is 5.08. The summed E-state index contributed by atoms with van der Waals surface area (Å²) in [6.45, 7) is 6.15. The van der Waals surface area contributed by atoms with E-state index in [9.17, 15) is 4.79 Å². The molecule has 0 fully saturated rings. The molecule has 0 heterocycles. The van der Waals surface area contributed by atoms with Gasteiger partial charge in [0.1, 0.15) is 0 Å². The zero-order valence-electron chi connectivity index (χ0n) is 9.02. The maximum absolute atomic E-state index is 10.7. The van der Waals surface area contributed by atoms with E-state index in [0.717, 1.165) is 19.5 Å². The molecule has 0 aromatic carbocycles. The molecule has 0 saturated heterocycles. The first kappa shape index (κ1) is 14.1. The molecule has 15 heavy (non-hydrogen) atoms. The molecule has 5 heteroatoms. The third-order valence-electron chi connectivity index (χ3n) is 1.85. The average Bonchev–Trinajstić information content (AvgIpc) is 2.24. The van der Waals surface area contributed by atoms with Gasteiger partial charge < -0.3 is 15.6 Å². The van der Waals surface area contributed by atoms with Gasteiger partial charge in [-0.3, -0.25) is 9.69 Å². The summed E-state index contributed by atoms with van der Waals surface area (Å²) >= 11 is 0. The van der Waals surface area contributed by atoms with E-state index in [4.69, 9.17) is 15.6 Å². The highest BCUT2D eigenvalue weighted by atomic mass is 16.5. The van der Waals surface area contributed by atoms with Crippen molar-refractivity contribution >= 4 is 5.97 Å². The number of rotatable bonds is 9. The van der Waals surface area contributed by atoms with Crippen LogP contribution in [0.3, 0.4) is 0 Å². The summed E-state index contributed by atoms with van der Waals surface area (Å²) in [6.07, 6.45) is 2.52. The zero-order valence-corrected chi connectivity index (χ0v) is 9.02. The molecule has 0 unspecified atom stereocenters. The highest BCUT2D eigenvalue weighted by Crippen LogP contribution is 1.92. The molecule has 0 aromatic rings. The fourth-order valence-corrected chi connectivity index (χ4v) is 1.15. The monoisotopic (exact) mass is 216 g/mol. The molecule has 88 valence electrons. The van der Waals surface area contributed by atoms with Gasteiger partial charge in [0.25, 0.3) is 0 Å². The molecule has 0 aliphatic rings. The van der Waals surface area contributed by atoms with Crippen molar-refractivity contribution in [2.45, 2.75) is 6.42 Å². The first-order valence-electron chi connectivity index (χ1n) is 5.04. The molecule has 0 atom stereocenters. The van der Waals surface area contributed by atoms with Gasteiger partial charge >= 0.3 is 5.97 Å². The van der Waals surface area contributed by atoms with Gasteiger partial charge in [-0.2, -0.15) is 0 Å². The molecular formula is C10H20N2O3. The smallest absolute Gasteiger partial charge is 0.319 e.